The van der Waals surface area contributed by atoms with Crippen LogP contribution >= 0.6 is 0 Å². The largest absolute Gasteiger partial charge is 0.370 e. The smallest absolute Gasteiger partial charge is 0.223 e. The van der Waals surface area contributed by atoms with Crippen LogP contribution in [0.2, 0.25) is 0 Å². The molecule has 0 spiro atoms. The second kappa shape index (κ2) is 8.56. The van der Waals surface area contributed by atoms with Crippen LogP contribution in [0.1, 0.15) is 46.5 Å². The van der Waals surface area contributed by atoms with Gasteiger partial charge in [-0.25, -0.2) is 0 Å². The molecule has 1 rings (SSSR count). The van der Waals surface area contributed by atoms with Crippen molar-refractivity contribution in [2.45, 2.75) is 46.5 Å². The van der Waals surface area contributed by atoms with Gasteiger partial charge in [0, 0.05) is 19.2 Å². The fourth-order valence-electron chi connectivity index (χ4n) is 1.79. The second-order valence-electron chi connectivity index (χ2n) is 5.24. The zero-order valence-corrected chi connectivity index (χ0v) is 12.4. The zero-order chi connectivity index (χ0) is 14.1. The zero-order valence-electron chi connectivity index (χ0n) is 12.4. The highest BCUT2D eigenvalue weighted by Crippen LogP contribution is 2.13. The minimum atomic E-state index is 0.311. The van der Waals surface area contributed by atoms with E-state index in [1.165, 1.54) is 12.8 Å². The predicted octanol–water partition coefficient (Wildman–Crippen LogP) is 3.12. The van der Waals surface area contributed by atoms with Gasteiger partial charge in [-0.15, -0.1) is 0 Å². The number of hydrogen-bond acceptors (Lipinski definition) is 5. The van der Waals surface area contributed by atoms with Crippen LogP contribution in [0, 0.1) is 5.92 Å². The molecule has 0 amide bonds. The molecule has 108 valence electrons. The van der Waals surface area contributed by atoms with Gasteiger partial charge in [-0.2, -0.15) is 9.97 Å². The van der Waals surface area contributed by atoms with Crippen LogP contribution in [0.3, 0.4) is 0 Å². The molecule has 0 saturated heterocycles. The molecule has 0 aliphatic carbocycles. The Hall–Kier alpha value is -1.52. The van der Waals surface area contributed by atoms with Gasteiger partial charge >= 0.3 is 0 Å². The highest BCUT2D eigenvalue weighted by molar-refractivity contribution is 5.50. The molecule has 0 aliphatic heterocycles. The number of aromatic nitrogens is 2. The molecule has 1 aromatic heterocycles. The molecule has 0 atom stereocenters. The molecule has 1 heterocycles. The van der Waals surface area contributed by atoms with Crippen LogP contribution in [0.25, 0.3) is 0 Å². The Bertz CT molecular complexity index is 365. The summed E-state index contributed by atoms with van der Waals surface area (Å²) in [5.74, 6) is 2.68. The normalized spacial score (nSPS) is 10.7. The molecule has 0 radical (unpaired) electrons. The Labute approximate surface area is 116 Å². The van der Waals surface area contributed by atoms with Gasteiger partial charge < -0.3 is 16.4 Å². The van der Waals surface area contributed by atoms with Crippen LogP contribution < -0.4 is 16.4 Å². The summed E-state index contributed by atoms with van der Waals surface area (Å²) in [7, 11) is 0. The van der Waals surface area contributed by atoms with Crippen LogP contribution in [0.15, 0.2) is 6.07 Å². The number of rotatable bonds is 9. The van der Waals surface area contributed by atoms with Crippen molar-refractivity contribution in [3.63, 3.8) is 0 Å². The van der Waals surface area contributed by atoms with Gasteiger partial charge in [-0.3, -0.25) is 0 Å². The lowest BCUT2D eigenvalue weighted by atomic mass is 10.1. The lowest BCUT2D eigenvalue weighted by Gasteiger charge is -2.10. The molecule has 1 aromatic rings. The van der Waals surface area contributed by atoms with Crippen molar-refractivity contribution in [2.75, 3.05) is 29.5 Å². The van der Waals surface area contributed by atoms with Gasteiger partial charge in [-0.05, 0) is 18.8 Å². The summed E-state index contributed by atoms with van der Waals surface area (Å²) in [6.45, 7) is 8.44. The Morgan fingerprint density at radius 1 is 1.11 bits per heavy atom. The number of unbranched alkanes of at least 4 members (excludes halogenated alkanes) is 1. The maximum absolute atomic E-state index is 5.70. The van der Waals surface area contributed by atoms with Gasteiger partial charge in [0.15, 0.2) is 0 Å². The summed E-state index contributed by atoms with van der Waals surface area (Å²) >= 11 is 0. The molecule has 0 fully saturated rings. The fourth-order valence-corrected chi connectivity index (χ4v) is 1.79. The van der Waals surface area contributed by atoms with Crippen molar-refractivity contribution in [1.82, 2.24) is 9.97 Å². The van der Waals surface area contributed by atoms with Crippen molar-refractivity contribution < 1.29 is 0 Å². The third-order valence-electron chi connectivity index (χ3n) is 2.81. The van der Waals surface area contributed by atoms with E-state index in [0.717, 1.165) is 43.5 Å². The summed E-state index contributed by atoms with van der Waals surface area (Å²) in [4.78, 5) is 8.34. The minimum Gasteiger partial charge on any atom is -0.370 e. The maximum atomic E-state index is 5.70. The summed E-state index contributed by atoms with van der Waals surface area (Å²) in [5.41, 5.74) is 5.70. The van der Waals surface area contributed by atoms with Crippen molar-refractivity contribution in [3.8, 4) is 0 Å². The average Bonchev–Trinajstić information content (AvgIpc) is 2.35. The van der Waals surface area contributed by atoms with Gasteiger partial charge in [0.2, 0.25) is 5.95 Å². The van der Waals surface area contributed by atoms with E-state index >= 15 is 0 Å². The molecule has 19 heavy (non-hydrogen) atoms. The molecule has 0 aliphatic rings. The van der Waals surface area contributed by atoms with Crippen LogP contribution in [0.4, 0.5) is 17.6 Å². The third kappa shape index (κ3) is 6.84. The molecule has 5 heteroatoms. The molecule has 0 aromatic carbocycles. The van der Waals surface area contributed by atoms with E-state index in [2.05, 4.69) is 41.4 Å². The molecule has 5 nitrogen and oxygen atoms in total. The Balaban J connectivity index is 2.38. The van der Waals surface area contributed by atoms with Crippen LogP contribution in [-0.2, 0) is 0 Å². The first-order valence-corrected chi connectivity index (χ1v) is 7.24. The quantitative estimate of drug-likeness (QED) is 0.598. The summed E-state index contributed by atoms with van der Waals surface area (Å²) < 4.78 is 0. The molecule has 0 unspecified atom stereocenters. The van der Waals surface area contributed by atoms with Crippen molar-refractivity contribution in [1.29, 1.82) is 0 Å². The van der Waals surface area contributed by atoms with Crippen LogP contribution in [0.5, 0.6) is 0 Å². The maximum Gasteiger partial charge on any atom is 0.223 e. The van der Waals surface area contributed by atoms with Gasteiger partial charge in [0.05, 0.1) is 0 Å². The second-order valence-corrected chi connectivity index (χ2v) is 5.24. The number of hydrogen-bond donors (Lipinski definition) is 3. The Morgan fingerprint density at radius 3 is 2.32 bits per heavy atom. The topological polar surface area (TPSA) is 75.9 Å². The first-order valence-electron chi connectivity index (χ1n) is 7.24. The number of nitrogen functional groups attached to an aromatic ring is 1. The highest BCUT2D eigenvalue weighted by Gasteiger charge is 2.01. The predicted molar refractivity (Wildman–Crippen MR) is 82.4 cm³/mol. The summed E-state index contributed by atoms with van der Waals surface area (Å²) in [6.07, 6.45) is 4.73. The first-order chi connectivity index (χ1) is 9.11. The van der Waals surface area contributed by atoms with E-state index in [9.17, 15) is 0 Å². The van der Waals surface area contributed by atoms with Crippen LogP contribution in [-0.4, -0.2) is 23.1 Å². The Morgan fingerprint density at radius 2 is 1.74 bits per heavy atom. The van der Waals surface area contributed by atoms with E-state index in [0.29, 0.717) is 5.95 Å². The molecule has 0 bridgehead atoms. The monoisotopic (exact) mass is 265 g/mol. The Kier molecular flexibility index (Phi) is 7.00. The lowest BCUT2D eigenvalue weighted by molar-refractivity contribution is 0.544. The van der Waals surface area contributed by atoms with E-state index < -0.39 is 0 Å². The number of nitrogens with zero attached hydrogens (tertiary/aromatic N) is 2. The molecular weight excluding hydrogens is 238 g/mol. The SMILES string of the molecule is CCCNc1cc(NCCCCC(C)C)nc(N)n1. The fraction of sp³-hybridized carbons (Fsp3) is 0.714. The first kappa shape index (κ1) is 15.5. The third-order valence-corrected chi connectivity index (χ3v) is 2.81. The van der Waals surface area contributed by atoms with Gasteiger partial charge in [-0.1, -0.05) is 33.6 Å². The standard InChI is InChI=1S/C14H27N5/c1-4-8-16-12-10-13(19-14(15)18-12)17-9-6-5-7-11(2)3/h10-11H,4-9H2,1-3H3,(H4,15,16,17,18,19). The van der Waals surface area contributed by atoms with E-state index in [4.69, 9.17) is 5.73 Å². The lowest BCUT2D eigenvalue weighted by Crippen LogP contribution is -2.09. The van der Waals surface area contributed by atoms with Gasteiger partial charge in [0.1, 0.15) is 11.6 Å². The summed E-state index contributed by atoms with van der Waals surface area (Å²) in [5, 5.41) is 6.53. The highest BCUT2D eigenvalue weighted by atomic mass is 15.1. The minimum absolute atomic E-state index is 0.311. The summed E-state index contributed by atoms with van der Waals surface area (Å²) in [6, 6.07) is 1.91. The van der Waals surface area contributed by atoms with Crippen molar-refractivity contribution in [3.05, 3.63) is 6.07 Å². The average molecular weight is 265 g/mol. The molecular formula is C14H27N5. The van der Waals surface area contributed by atoms with E-state index in [1.807, 2.05) is 6.07 Å². The van der Waals surface area contributed by atoms with E-state index in [-0.39, 0.29) is 0 Å². The molecule has 4 N–H and O–H groups in total. The number of nitrogens with one attached hydrogen (secondary N) is 2. The van der Waals surface area contributed by atoms with Crippen molar-refractivity contribution >= 4 is 17.6 Å². The van der Waals surface area contributed by atoms with E-state index in [1.54, 1.807) is 0 Å². The number of nitrogens with two attached hydrogens (primary N) is 1. The van der Waals surface area contributed by atoms with Crippen molar-refractivity contribution in [2.24, 2.45) is 5.92 Å². The molecule has 0 saturated carbocycles. The number of anilines is 3. The van der Waals surface area contributed by atoms with Gasteiger partial charge in [0.25, 0.3) is 0 Å².